The van der Waals surface area contributed by atoms with Crippen molar-refractivity contribution >= 4 is 26.0 Å². The van der Waals surface area contributed by atoms with Crippen LogP contribution in [-0.2, 0) is 24.8 Å². The van der Waals surface area contributed by atoms with Gasteiger partial charge in [0.1, 0.15) is 0 Å². The fourth-order valence-corrected chi connectivity index (χ4v) is 7.29. The van der Waals surface area contributed by atoms with E-state index in [9.17, 15) is 21.6 Å². The van der Waals surface area contributed by atoms with Gasteiger partial charge in [0.25, 0.3) is 0 Å². The zero-order valence-electron chi connectivity index (χ0n) is 19.0. The van der Waals surface area contributed by atoms with E-state index < -0.39 is 26.0 Å². The summed E-state index contributed by atoms with van der Waals surface area (Å²) in [7, 11) is -7.55. The van der Waals surface area contributed by atoms with Crippen LogP contribution in [-0.4, -0.2) is 81.6 Å². The molecule has 0 bridgehead atoms. The summed E-state index contributed by atoms with van der Waals surface area (Å²) in [4.78, 5) is 14.4. The largest absolute Gasteiger partial charge is 0.351 e. The van der Waals surface area contributed by atoms with Gasteiger partial charge in [0, 0.05) is 45.3 Å². The topological polar surface area (TPSA) is 131 Å². The summed E-state index contributed by atoms with van der Waals surface area (Å²) < 4.78 is 54.3. The van der Waals surface area contributed by atoms with Gasteiger partial charge < -0.3 is 10.2 Å². The molecule has 3 rings (SSSR count). The zero-order valence-corrected chi connectivity index (χ0v) is 20.6. The maximum atomic E-state index is 13.2. The Morgan fingerprint density at radius 1 is 1.06 bits per heavy atom. The highest BCUT2D eigenvalue weighted by Gasteiger charge is 2.35. The minimum Gasteiger partial charge on any atom is -0.351 e. The van der Waals surface area contributed by atoms with Crippen LogP contribution in [0.25, 0.3) is 0 Å². The number of nitrogens with one attached hydrogen (secondary N) is 1. The van der Waals surface area contributed by atoms with Crippen LogP contribution >= 0.6 is 0 Å². The molecule has 33 heavy (non-hydrogen) atoms. The van der Waals surface area contributed by atoms with Gasteiger partial charge in [-0.3, -0.25) is 4.79 Å². The highest BCUT2D eigenvalue weighted by Crippen LogP contribution is 2.26. The molecule has 0 aliphatic carbocycles. The lowest BCUT2D eigenvalue weighted by molar-refractivity contribution is -0.126. The Hall–Kier alpha value is -2.20. The highest BCUT2D eigenvalue weighted by atomic mass is 32.2. The molecular weight excluding hydrogens is 466 g/mol. The van der Waals surface area contributed by atoms with Gasteiger partial charge in [0.05, 0.1) is 15.7 Å². The molecule has 2 aliphatic heterocycles. The lowest BCUT2D eigenvalue weighted by Crippen LogP contribution is -2.47. The molecule has 1 aromatic rings. The lowest BCUT2D eigenvalue weighted by Gasteiger charge is -2.31. The first-order valence-corrected chi connectivity index (χ1v) is 14.1. The maximum absolute atomic E-state index is 13.2. The summed E-state index contributed by atoms with van der Waals surface area (Å²) in [6, 6.07) is 5.14. The lowest BCUT2D eigenvalue weighted by atomic mass is 9.98. The first kappa shape index (κ1) is 25.4. The van der Waals surface area contributed by atoms with E-state index >= 15 is 0 Å². The number of rotatable bonds is 8. The van der Waals surface area contributed by atoms with E-state index in [0.29, 0.717) is 52.0 Å². The molecule has 1 aromatic carbocycles. The number of amides is 1. The van der Waals surface area contributed by atoms with Crippen molar-refractivity contribution in [1.82, 2.24) is 18.8 Å². The van der Waals surface area contributed by atoms with E-state index in [0.717, 1.165) is 0 Å². The van der Waals surface area contributed by atoms with Crippen LogP contribution in [0.4, 0.5) is 0 Å². The first-order chi connectivity index (χ1) is 15.6. The third-order valence-electron chi connectivity index (χ3n) is 6.24. The number of sulfonamides is 2. The van der Waals surface area contributed by atoms with Gasteiger partial charge in [0.15, 0.2) is 6.19 Å². The number of hydrogen-bond donors (Lipinski definition) is 1. The molecule has 2 fully saturated rings. The van der Waals surface area contributed by atoms with Gasteiger partial charge in [-0.15, -0.1) is 0 Å². The number of benzene rings is 1. The molecule has 2 atom stereocenters. The number of carbonyl (C=O) groups excluding carboxylic acids is 1. The van der Waals surface area contributed by atoms with E-state index in [2.05, 4.69) is 11.5 Å². The Labute approximate surface area is 196 Å². The van der Waals surface area contributed by atoms with Gasteiger partial charge in [0.2, 0.25) is 26.0 Å². The van der Waals surface area contributed by atoms with Crippen LogP contribution in [0.15, 0.2) is 34.1 Å². The van der Waals surface area contributed by atoms with E-state index in [1.807, 2.05) is 0 Å². The van der Waals surface area contributed by atoms with Crippen molar-refractivity contribution in [1.29, 1.82) is 5.26 Å². The standard InChI is InChI=1S/C21H31N5O5S2/c1-3-25(4-2)32(28,29)19-7-9-20(10-8-19)33(30,31)26-12-5-6-17(14-26)21(27)23-18-11-13-24(15-18)16-22/h7-10,17-18H,3-6,11-15H2,1-2H3,(H,23,27)/t17-,18-/m1/s1. The third-order valence-corrected chi connectivity index (χ3v) is 10.2. The van der Waals surface area contributed by atoms with Crippen molar-refractivity contribution in [3.8, 4) is 6.19 Å². The monoisotopic (exact) mass is 497 g/mol. The van der Waals surface area contributed by atoms with Gasteiger partial charge >= 0.3 is 0 Å². The molecule has 182 valence electrons. The predicted molar refractivity (Wildman–Crippen MR) is 122 cm³/mol. The second-order valence-electron chi connectivity index (χ2n) is 8.30. The molecule has 2 aliphatic rings. The summed E-state index contributed by atoms with van der Waals surface area (Å²) in [5.74, 6) is -0.660. The van der Waals surface area contributed by atoms with Crippen molar-refractivity contribution < 1.29 is 21.6 Å². The molecule has 12 heteroatoms. The molecule has 0 aromatic heterocycles. The summed E-state index contributed by atoms with van der Waals surface area (Å²) in [5, 5.41) is 11.9. The van der Waals surface area contributed by atoms with E-state index in [1.54, 1.807) is 18.7 Å². The molecule has 10 nitrogen and oxygen atoms in total. The second-order valence-corrected chi connectivity index (χ2v) is 12.2. The average molecular weight is 498 g/mol. The molecule has 0 unspecified atom stereocenters. The zero-order chi connectivity index (χ0) is 24.2. The Kier molecular flexibility index (Phi) is 8.00. The fraction of sp³-hybridized carbons (Fsp3) is 0.619. The Morgan fingerprint density at radius 2 is 1.70 bits per heavy atom. The van der Waals surface area contributed by atoms with Gasteiger partial charge in [-0.1, -0.05) is 13.8 Å². The SMILES string of the molecule is CCN(CC)S(=O)(=O)c1ccc(S(=O)(=O)N2CCC[C@@H](C(=O)N[C@@H]3CCN(C#N)C3)C2)cc1. The Bertz CT molecular complexity index is 1090. The molecule has 0 saturated carbocycles. The minimum atomic E-state index is -3.87. The smallest absolute Gasteiger partial charge is 0.243 e. The van der Waals surface area contributed by atoms with Crippen LogP contribution in [0.1, 0.15) is 33.1 Å². The number of nitriles is 1. The van der Waals surface area contributed by atoms with Crippen molar-refractivity contribution in [2.45, 2.75) is 48.9 Å². The second kappa shape index (κ2) is 10.4. The molecule has 0 radical (unpaired) electrons. The molecule has 2 saturated heterocycles. The molecule has 1 N–H and O–H groups in total. The van der Waals surface area contributed by atoms with E-state index in [1.165, 1.54) is 32.9 Å². The molecule has 0 spiro atoms. The van der Waals surface area contributed by atoms with Crippen LogP contribution in [0.2, 0.25) is 0 Å². The van der Waals surface area contributed by atoms with Crippen molar-refractivity contribution in [2.24, 2.45) is 5.92 Å². The molecule has 1 amide bonds. The first-order valence-electron chi connectivity index (χ1n) is 11.2. The Balaban J connectivity index is 1.69. The van der Waals surface area contributed by atoms with Gasteiger partial charge in [-0.25, -0.2) is 16.8 Å². The van der Waals surface area contributed by atoms with Crippen molar-refractivity contribution in [3.05, 3.63) is 24.3 Å². The Morgan fingerprint density at radius 3 is 2.27 bits per heavy atom. The third kappa shape index (κ3) is 5.48. The fourth-order valence-electron chi connectivity index (χ4n) is 4.31. The maximum Gasteiger partial charge on any atom is 0.243 e. The van der Waals surface area contributed by atoms with Crippen molar-refractivity contribution in [2.75, 3.05) is 39.3 Å². The molecular formula is C21H31N5O5S2. The van der Waals surface area contributed by atoms with Gasteiger partial charge in [-0.2, -0.15) is 13.9 Å². The van der Waals surface area contributed by atoms with Crippen LogP contribution in [0.3, 0.4) is 0 Å². The van der Waals surface area contributed by atoms with Crippen molar-refractivity contribution in [3.63, 3.8) is 0 Å². The number of hydrogen-bond acceptors (Lipinski definition) is 7. The van der Waals surface area contributed by atoms with E-state index in [-0.39, 0.29) is 28.3 Å². The highest BCUT2D eigenvalue weighted by molar-refractivity contribution is 7.89. The minimum absolute atomic E-state index is 0.00232. The van der Waals surface area contributed by atoms with Crippen LogP contribution in [0.5, 0.6) is 0 Å². The van der Waals surface area contributed by atoms with Crippen LogP contribution in [0, 0.1) is 17.4 Å². The number of carbonyl (C=O) groups is 1. The average Bonchev–Trinajstić information content (AvgIpc) is 3.27. The quantitative estimate of drug-likeness (QED) is 0.525. The summed E-state index contributed by atoms with van der Waals surface area (Å²) in [6.07, 6.45) is 3.91. The number of likely N-dealkylation sites (tertiary alicyclic amines) is 1. The molecule has 2 heterocycles. The predicted octanol–water partition coefficient (Wildman–Crippen LogP) is 0.789. The summed E-state index contributed by atoms with van der Waals surface area (Å²) in [6.45, 7) is 5.59. The summed E-state index contributed by atoms with van der Waals surface area (Å²) >= 11 is 0. The van der Waals surface area contributed by atoms with Crippen LogP contribution < -0.4 is 5.32 Å². The number of piperidine rings is 1. The normalized spacial score (nSPS) is 22.3. The number of nitrogens with zero attached hydrogens (tertiary/aromatic N) is 4. The van der Waals surface area contributed by atoms with E-state index in [4.69, 9.17) is 5.26 Å². The summed E-state index contributed by atoms with van der Waals surface area (Å²) in [5.41, 5.74) is 0. The van der Waals surface area contributed by atoms with Gasteiger partial charge in [-0.05, 0) is 43.5 Å².